The van der Waals surface area contributed by atoms with Gasteiger partial charge >= 0.3 is 11.9 Å². The zero-order valence-electron chi connectivity index (χ0n) is 14.2. The molecule has 6 nitrogen and oxygen atoms in total. The molecule has 2 aromatic heterocycles. The van der Waals surface area contributed by atoms with Crippen LogP contribution in [0.1, 0.15) is 37.9 Å². The third-order valence-corrected chi connectivity index (χ3v) is 3.78. The monoisotopic (exact) mass is 339 g/mol. The molecule has 0 unspecified atom stereocenters. The zero-order chi connectivity index (χ0) is 18.0. The number of aromatic nitrogens is 1. The van der Waals surface area contributed by atoms with Gasteiger partial charge in [0.05, 0.1) is 18.2 Å². The molecule has 0 saturated heterocycles. The van der Waals surface area contributed by atoms with Crippen LogP contribution in [-0.2, 0) is 16.1 Å². The molecule has 1 aromatic carbocycles. The van der Waals surface area contributed by atoms with Crippen molar-refractivity contribution in [1.82, 2.24) is 4.98 Å². The molecule has 0 N–H and O–H groups in total. The number of benzene rings is 1. The quantitative estimate of drug-likeness (QED) is 0.676. The smallest absolute Gasteiger partial charge is 0.341 e. The van der Waals surface area contributed by atoms with E-state index in [1.54, 1.807) is 13.0 Å². The number of furan rings is 1. The lowest BCUT2D eigenvalue weighted by Gasteiger charge is -2.07. The van der Waals surface area contributed by atoms with E-state index in [0.29, 0.717) is 22.6 Å². The first-order valence-corrected chi connectivity index (χ1v) is 7.70. The fraction of sp³-hybridized carbons (Fsp3) is 0.211. The van der Waals surface area contributed by atoms with Gasteiger partial charge in [0.2, 0.25) is 0 Å². The van der Waals surface area contributed by atoms with Gasteiger partial charge in [0.1, 0.15) is 23.7 Å². The van der Waals surface area contributed by atoms with E-state index in [2.05, 4.69) is 9.72 Å². The molecule has 0 radical (unpaired) electrons. The first-order chi connectivity index (χ1) is 12.0. The zero-order valence-corrected chi connectivity index (χ0v) is 14.2. The van der Waals surface area contributed by atoms with Gasteiger partial charge in [-0.05, 0) is 32.0 Å². The maximum absolute atomic E-state index is 12.5. The molecule has 0 saturated carbocycles. The van der Waals surface area contributed by atoms with E-state index in [1.807, 2.05) is 31.2 Å². The summed E-state index contributed by atoms with van der Waals surface area (Å²) in [5, 5.41) is 0.726. The Morgan fingerprint density at radius 1 is 1.08 bits per heavy atom. The molecular weight excluding hydrogens is 322 g/mol. The Bertz CT molecular complexity index is 958. The largest absolute Gasteiger partial charge is 0.465 e. The van der Waals surface area contributed by atoms with Gasteiger partial charge in [0, 0.05) is 11.1 Å². The molecule has 0 bridgehead atoms. The number of esters is 2. The highest BCUT2D eigenvalue weighted by atomic mass is 16.5. The van der Waals surface area contributed by atoms with E-state index >= 15 is 0 Å². The topological polar surface area (TPSA) is 78.6 Å². The average Bonchev–Trinajstić information content (AvgIpc) is 2.99. The lowest BCUT2D eigenvalue weighted by Crippen LogP contribution is -2.07. The van der Waals surface area contributed by atoms with Crippen molar-refractivity contribution in [2.24, 2.45) is 0 Å². The molecule has 3 aromatic rings. The van der Waals surface area contributed by atoms with E-state index < -0.39 is 11.9 Å². The summed E-state index contributed by atoms with van der Waals surface area (Å²) in [6.07, 6.45) is 0. The van der Waals surface area contributed by atoms with E-state index in [0.717, 1.165) is 16.6 Å². The SMILES string of the molecule is COC(=O)c1cc(COC(=O)c2cc(C)nc3ccccc23)oc1C. The summed E-state index contributed by atoms with van der Waals surface area (Å²) in [4.78, 5) is 28.5. The Hall–Kier alpha value is -3.15. The molecule has 0 amide bonds. The van der Waals surface area contributed by atoms with Crippen LogP contribution in [0.4, 0.5) is 0 Å². The minimum absolute atomic E-state index is 0.0770. The summed E-state index contributed by atoms with van der Waals surface area (Å²) < 4.78 is 15.5. The van der Waals surface area contributed by atoms with Crippen LogP contribution in [0.2, 0.25) is 0 Å². The van der Waals surface area contributed by atoms with Crippen LogP contribution in [0, 0.1) is 13.8 Å². The Morgan fingerprint density at radius 3 is 2.60 bits per heavy atom. The predicted octanol–water partition coefficient (Wildman–Crippen LogP) is 3.59. The molecule has 0 aliphatic rings. The van der Waals surface area contributed by atoms with Crippen molar-refractivity contribution in [3.63, 3.8) is 0 Å². The second-order valence-electron chi connectivity index (χ2n) is 5.58. The van der Waals surface area contributed by atoms with Gasteiger partial charge in [-0.2, -0.15) is 0 Å². The number of methoxy groups -OCH3 is 1. The highest BCUT2D eigenvalue weighted by Crippen LogP contribution is 2.21. The third-order valence-electron chi connectivity index (χ3n) is 3.78. The first-order valence-electron chi connectivity index (χ1n) is 7.70. The molecule has 0 aliphatic heterocycles. The molecule has 25 heavy (non-hydrogen) atoms. The number of ether oxygens (including phenoxy) is 2. The number of hydrogen-bond donors (Lipinski definition) is 0. The summed E-state index contributed by atoms with van der Waals surface area (Å²) in [6.45, 7) is 3.39. The van der Waals surface area contributed by atoms with Gasteiger partial charge in [-0.3, -0.25) is 4.98 Å². The summed E-state index contributed by atoms with van der Waals surface area (Å²) in [7, 11) is 1.30. The number of carbonyl (C=O) groups excluding carboxylic acids is 2. The molecule has 6 heteroatoms. The minimum Gasteiger partial charge on any atom is -0.465 e. The van der Waals surface area contributed by atoms with Crippen LogP contribution < -0.4 is 0 Å². The van der Waals surface area contributed by atoms with Gasteiger partial charge in [-0.1, -0.05) is 18.2 Å². The van der Waals surface area contributed by atoms with Crippen LogP contribution >= 0.6 is 0 Å². The van der Waals surface area contributed by atoms with Crippen LogP contribution in [0.25, 0.3) is 10.9 Å². The molecule has 0 spiro atoms. The average molecular weight is 339 g/mol. The normalized spacial score (nSPS) is 10.7. The number of hydrogen-bond acceptors (Lipinski definition) is 6. The number of pyridine rings is 1. The Labute approximate surface area is 144 Å². The van der Waals surface area contributed by atoms with E-state index in [-0.39, 0.29) is 6.61 Å². The number of carbonyl (C=O) groups is 2. The highest BCUT2D eigenvalue weighted by Gasteiger charge is 2.18. The Morgan fingerprint density at radius 2 is 1.84 bits per heavy atom. The van der Waals surface area contributed by atoms with E-state index in [9.17, 15) is 9.59 Å². The van der Waals surface area contributed by atoms with Crippen molar-refractivity contribution in [1.29, 1.82) is 0 Å². The lowest BCUT2D eigenvalue weighted by molar-refractivity contribution is 0.0446. The fourth-order valence-electron chi connectivity index (χ4n) is 2.62. The Balaban J connectivity index is 1.81. The van der Waals surface area contributed by atoms with Crippen molar-refractivity contribution in [2.45, 2.75) is 20.5 Å². The standard InChI is InChI=1S/C19H17NO5/c1-11-8-16(14-6-4-5-7-17(14)20-11)19(22)24-10-13-9-15(12(2)25-13)18(21)23-3/h4-9H,10H2,1-3H3. The van der Waals surface area contributed by atoms with Gasteiger partial charge in [-0.15, -0.1) is 0 Å². The summed E-state index contributed by atoms with van der Waals surface area (Å²) >= 11 is 0. The van der Waals surface area contributed by atoms with Crippen molar-refractivity contribution < 1.29 is 23.5 Å². The fourth-order valence-corrected chi connectivity index (χ4v) is 2.62. The number of para-hydroxylation sites is 1. The molecule has 3 rings (SSSR count). The summed E-state index contributed by atoms with van der Waals surface area (Å²) in [6, 6.07) is 10.6. The van der Waals surface area contributed by atoms with Crippen LogP contribution in [0.5, 0.6) is 0 Å². The second kappa shape index (κ2) is 6.76. The van der Waals surface area contributed by atoms with Crippen molar-refractivity contribution in [3.05, 3.63) is 64.7 Å². The second-order valence-corrected chi connectivity index (χ2v) is 5.58. The van der Waals surface area contributed by atoms with Gasteiger partial charge in [-0.25, -0.2) is 9.59 Å². The summed E-state index contributed by atoms with van der Waals surface area (Å²) in [5.74, 6) is -0.172. The van der Waals surface area contributed by atoms with Crippen LogP contribution in [0.15, 0.2) is 40.8 Å². The van der Waals surface area contributed by atoms with Crippen molar-refractivity contribution in [2.75, 3.05) is 7.11 Å². The highest BCUT2D eigenvalue weighted by molar-refractivity contribution is 6.03. The maximum atomic E-state index is 12.5. The van der Waals surface area contributed by atoms with Gasteiger partial charge < -0.3 is 13.9 Å². The van der Waals surface area contributed by atoms with Crippen LogP contribution in [-0.4, -0.2) is 24.0 Å². The van der Waals surface area contributed by atoms with Crippen molar-refractivity contribution >= 4 is 22.8 Å². The third kappa shape index (κ3) is 3.38. The summed E-state index contributed by atoms with van der Waals surface area (Å²) in [5.41, 5.74) is 2.22. The first kappa shape index (κ1) is 16.7. The number of aryl methyl sites for hydroxylation is 2. The molecule has 0 aliphatic carbocycles. The molecule has 128 valence electrons. The number of fused-ring (bicyclic) bond motifs is 1. The van der Waals surface area contributed by atoms with E-state index in [4.69, 9.17) is 9.15 Å². The van der Waals surface area contributed by atoms with Crippen LogP contribution in [0.3, 0.4) is 0 Å². The lowest BCUT2D eigenvalue weighted by atomic mass is 10.1. The number of nitrogens with zero attached hydrogens (tertiary/aromatic N) is 1. The van der Waals surface area contributed by atoms with Gasteiger partial charge in [0.25, 0.3) is 0 Å². The number of rotatable bonds is 4. The molecular formula is C19H17NO5. The molecule has 0 fully saturated rings. The minimum atomic E-state index is -0.491. The molecule has 2 heterocycles. The van der Waals surface area contributed by atoms with Gasteiger partial charge in [0.15, 0.2) is 0 Å². The maximum Gasteiger partial charge on any atom is 0.341 e. The molecule has 0 atom stereocenters. The van der Waals surface area contributed by atoms with E-state index in [1.165, 1.54) is 13.2 Å². The Kier molecular flexibility index (Phi) is 4.52. The predicted molar refractivity (Wildman–Crippen MR) is 90.4 cm³/mol. The van der Waals surface area contributed by atoms with Crippen molar-refractivity contribution in [3.8, 4) is 0 Å².